The Morgan fingerprint density at radius 1 is 1.38 bits per heavy atom. The summed E-state index contributed by atoms with van der Waals surface area (Å²) in [5.74, 6) is 0.898. The molecule has 0 radical (unpaired) electrons. The standard InChI is InChI=1S/C16H22N4O3S/c1-2-20-9-8-18-16(20)15(13-5-10-23-11-6-13)19-24(21,22)14-4-3-7-17-12-14/h3-4,7-9,12-13,15,19H,2,5-6,10-11H2,1H3. The molecule has 1 N–H and O–H groups in total. The van der Waals surface area contributed by atoms with Crippen molar-refractivity contribution < 1.29 is 13.2 Å². The van der Waals surface area contributed by atoms with Gasteiger partial charge >= 0.3 is 0 Å². The number of aromatic nitrogens is 3. The van der Waals surface area contributed by atoms with Crippen molar-refractivity contribution in [1.82, 2.24) is 19.3 Å². The maximum Gasteiger partial charge on any atom is 0.242 e. The fraction of sp³-hybridized carbons (Fsp3) is 0.500. The summed E-state index contributed by atoms with van der Waals surface area (Å²) in [6, 6.07) is 2.78. The molecule has 1 atom stereocenters. The Hall–Kier alpha value is -1.77. The summed E-state index contributed by atoms with van der Waals surface area (Å²) in [6.07, 6.45) is 8.10. The van der Waals surface area contributed by atoms with Gasteiger partial charge in [0, 0.05) is 44.5 Å². The maximum atomic E-state index is 12.8. The molecule has 1 aliphatic rings. The third-order valence-electron chi connectivity index (χ3n) is 4.33. The fourth-order valence-electron chi connectivity index (χ4n) is 3.02. The van der Waals surface area contributed by atoms with Crippen LogP contribution >= 0.6 is 0 Å². The molecule has 3 rings (SSSR count). The Kier molecular flexibility index (Phi) is 5.27. The largest absolute Gasteiger partial charge is 0.381 e. The van der Waals surface area contributed by atoms with Crippen molar-refractivity contribution in [2.75, 3.05) is 13.2 Å². The number of nitrogens with one attached hydrogen (secondary N) is 1. The van der Waals surface area contributed by atoms with Crippen LogP contribution in [-0.2, 0) is 21.3 Å². The van der Waals surface area contributed by atoms with Crippen molar-refractivity contribution in [2.45, 2.75) is 37.2 Å². The van der Waals surface area contributed by atoms with E-state index in [-0.39, 0.29) is 16.9 Å². The molecule has 0 spiro atoms. The lowest BCUT2D eigenvalue weighted by atomic mass is 9.92. The molecule has 0 bridgehead atoms. The molecule has 2 aromatic rings. The molecule has 24 heavy (non-hydrogen) atoms. The normalized spacial score (nSPS) is 17.7. The lowest BCUT2D eigenvalue weighted by Gasteiger charge is -2.30. The van der Waals surface area contributed by atoms with Gasteiger partial charge in [-0.2, -0.15) is 0 Å². The molecular weight excluding hydrogens is 328 g/mol. The average molecular weight is 350 g/mol. The van der Waals surface area contributed by atoms with Crippen molar-refractivity contribution in [1.29, 1.82) is 0 Å². The van der Waals surface area contributed by atoms with Crippen molar-refractivity contribution in [3.8, 4) is 0 Å². The predicted molar refractivity (Wildman–Crippen MR) is 88.7 cm³/mol. The highest BCUT2D eigenvalue weighted by Crippen LogP contribution is 2.30. The zero-order chi connectivity index (χ0) is 17.0. The second-order valence-electron chi connectivity index (χ2n) is 5.81. The molecule has 0 aliphatic carbocycles. The number of imidazole rings is 1. The number of rotatable bonds is 6. The van der Waals surface area contributed by atoms with Crippen LogP contribution in [0.5, 0.6) is 0 Å². The van der Waals surface area contributed by atoms with Crippen LogP contribution in [0.1, 0.15) is 31.6 Å². The number of pyridine rings is 1. The number of aryl methyl sites for hydroxylation is 1. The van der Waals surface area contributed by atoms with Gasteiger partial charge in [-0.15, -0.1) is 0 Å². The summed E-state index contributed by atoms with van der Waals surface area (Å²) in [7, 11) is -3.67. The number of hydrogen-bond donors (Lipinski definition) is 1. The van der Waals surface area contributed by atoms with Crippen molar-refractivity contribution in [3.05, 3.63) is 42.7 Å². The van der Waals surface area contributed by atoms with Gasteiger partial charge in [0.25, 0.3) is 0 Å². The van der Waals surface area contributed by atoms with E-state index >= 15 is 0 Å². The van der Waals surface area contributed by atoms with E-state index in [2.05, 4.69) is 14.7 Å². The Labute approximate surface area is 142 Å². The van der Waals surface area contributed by atoms with Crippen LogP contribution in [-0.4, -0.2) is 36.2 Å². The zero-order valence-electron chi connectivity index (χ0n) is 13.6. The van der Waals surface area contributed by atoms with Gasteiger partial charge in [-0.05, 0) is 37.8 Å². The van der Waals surface area contributed by atoms with Gasteiger partial charge in [0.05, 0.1) is 6.04 Å². The van der Waals surface area contributed by atoms with Gasteiger partial charge in [0.2, 0.25) is 10.0 Å². The van der Waals surface area contributed by atoms with Gasteiger partial charge in [-0.25, -0.2) is 18.1 Å². The van der Waals surface area contributed by atoms with Crippen LogP contribution in [0.15, 0.2) is 41.8 Å². The number of nitrogens with zero attached hydrogens (tertiary/aromatic N) is 3. The summed E-state index contributed by atoms with van der Waals surface area (Å²) in [6.45, 7) is 4.04. The Morgan fingerprint density at radius 3 is 2.83 bits per heavy atom. The van der Waals surface area contributed by atoms with Gasteiger partial charge in [0.15, 0.2) is 0 Å². The minimum Gasteiger partial charge on any atom is -0.381 e. The second-order valence-corrected chi connectivity index (χ2v) is 7.52. The van der Waals surface area contributed by atoms with Crippen LogP contribution in [0.25, 0.3) is 0 Å². The Balaban J connectivity index is 1.93. The van der Waals surface area contributed by atoms with E-state index < -0.39 is 10.0 Å². The first-order valence-electron chi connectivity index (χ1n) is 8.13. The van der Waals surface area contributed by atoms with Crippen LogP contribution in [0.3, 0.4) is 0 Å². The fourth-order valence-corrected chi connectivity index (χ4v) is 4.24. The number of hydrogen-bond acceptors (Lipinski definition) is 5. The van der Waals surface area contributed by atoms with E-state index in [0.717, 1.165) is 25.2 Å². The third-order valence-corrected chi connectivity index (χ3v) is 5.76. The summed E-state index contributed by atoms with van der Waals surface area (Å²) < 4.78 is 35.8. The minimum atomic E-state index is -3.67. The van der Waals surface area contributed by atoms with Crippen molar-refractivity contribution in [3.63, 3.8) is 0 Å². The number of ether oxygens (including phenoxy) is 1. The molecule has 0 aromatic carbocycles. The Morgan fingerprint density at radius 2 is 2.17 bits per heavy atom. The maximum absolute atomic E-state index is 12.8. The van der Waals surface area contributed by atoms with E-state index in [0.29, 0.717) is 13.2 Å². The highest BCUT2D eigenvalue weighted by molar-refractivity contribution is 7.89. The summed E-state index contributed by atoms with van der Waals surface area (Å²) in [5.41, 5.74) is 0. The summed E-state index contributed by atoms with van der Waals surface area (Å²) in [5, 5.41) is 0. The lowest BCUT2D eigenvalue weighted by molar-refractivity contribution is 0.0550. The third kappa shape index (κ3) is 3.66. The van der Waals surface area contributed by atoms with Gasteiger partial charge < -0.3 is 9.30 Å². The van der Waals surface area contributed by atoms with Gasteiger partial charge in [0.1, 0.15) is 10.7 Å². The molecule has 2 aromatic heterocycles. The van der Waals surface area contributed by atoms with Crippen LogP contribution in [0.2, 0.25) is 0 Å². The summed E-state index contributed by atoms with van der Waals surface area (Å²) in [4.78, 5) is 8.49. The topological polar surface area (TPSA) is 86.1 Å². The first kappa shape index (κ1) is 17.1. The van der Waals surface area contributed by atoms with E-state index in [1.165, 1.54) is 6.20 Å². The molecule has 7 nitrogen and oxygen atoms in total. The van der Waals surface area contributed by atoms with E-state index in [1.807, 2.05) is 17.7 Å². The number of sulfonamides is 1. The quantitative estimate of drug-likeness (QED) is 0.858. The monoisotopic (exact) mass is 350 g/mol. The molecule has 8 heteroatoms. The highest BCUT2D eigenvalue weighted by Gasteiger charge is 2.32. The second kappa shape index (κ2) is 7.42. The zero-order valence-corrected chi connectivity index (χ0v) is 14.4. The molecule has 0 saturated carbocycles. The molecule has 0 amide bonds. The highest BCUT2D eigenvalue weighted by atomic mass is 32.2. The van der Waals surface area contributed by atoms with Crippen LogP contribution < -0.4 is 4.72 Å². The molecular formula is C16H22N4O3S. The van der Waals surface area contributed by atoms with E-state index in [1.54, 1.807) is 24.5 Å². The van der Waals surface area contributed by atoms with E-state index in [4.69, 9.17) is 4.74 Å². The van der Waals surface area contributed by atoms with Crippen LogP contribution in [0.4, 0.5) is 0 Å². The smallest absolute Gasteiger partial charge is 0.242 e. The van der Waals surface area contributed by atoms with E-state index in [9.17, 15) is 8.42 Å². The van der Waals surface area contributed by atoms with Crippen molar-refractivity contribution in [2.24, 2.45) is 5.92 Å². The van der Waals surface area contributed by atoms with Gasteiger partial charge in [-0.3, -0.25) is 4.98 Å². The molecule has 1 aliphatic heterocycles. The van der Waals surface area contributed by atoms with Gasteiger partial charge in [-0.1, -0.05) is 0 Å². The molecule has 1 saturated heterocycles. The summed E-state index contributed by atoms with van der Waals surface area (Å²) >= 11 is 0. The molecule has 3 heterocycles. The first-order valence-corrected chi connectivity index (χ1v) is 9.61. The van der Waals surface area contributed by atoms with Crippen molar-refractivity contribution >= 4 is 10.0 Å². The SMILES string of the molecule is CCn1ccnc1C(NS(=O)(=O)c1cccnc1)C1CCOCC1. The minimum absolute atomic E-state index is 0.151. The van der Waals surface area contributed by atoms with Crippen LogP contribution in [0, 0.1) is 5.92 Å². The first-order chi connectivity index (χ1) is 11.6. The Bertz CT molecular complexity index is 755. The molecule has 1 fully saturated rings. The molecule has 130 valence electrons. The predicted octanol–water partition coefficient (Wildman–Crippen LogP) is 1.74. The lowest BCUT2D eigenvalue weighted by Crippen LogP contribution is -2.37. The average Bonchev–Trinajstić information content (AvgIpc) is 3.10. The molecule has 1 unspecified atom stereocenters.